The second kappa shape index (κ2) is 7.01. The first kappa shape index (κ1) is 12.0. The first-order chi connectivity index (χ1) is 7.95. The van der Waals surface area contributed by atoms with E-state index in [1.54, 1.807) is 28.6 Å². The van der Waals surface area contributed by atoms with Crippen molar-refractivity contribution in [2.24, 2.45) is 0 Å². The van der Waals surface area contributed by atoms with E-state index in [0.29, 0.717) is 0 Å². The van der Waals surface area contributed by atoms with E-state index in [-0.39, 0.29) is 0 Å². The minimum Gasteiger partial charge on any atom is -0.316 e. The largest absolute Gasteiger partial charge is 0.316 e. The topological polar surface area (TPSA) is 37.8 Å². The van der Waals surface area contributed by atoms with E-state index < -0.39 is 0 Å². The Morgan fingerprint density at radius 1 is 1.31 bits per heavy atom. The zero-order chi connectivity index (χ0) is 11.1. The molecule has 0 unspecified atom stereocenters. The van der Waals surface area contributed by atoms with Crippen LogP contribution in [0.4, 0.5) is 0 Å². The molecule has 86 valence electrons. The van der Waals surface area contributed by atoms with Crippen molar-refractivity contribution in [3.63, 3.8) is 0 Å². The Balaban J connectivity index is 1.49. The molecule has 2 heterocycles. The smallest absolute Gasteiger partial charge is 0.174 e. The summed E-state index contributed by atoms with van der Waals surface area (Å²) in [6, 6.07) is 4.29. The lowest BCUT2D eigenvalue weighted by Gasteiger charge is -2.01. The van der Waals surface area contributed by atoms with Crippen LogP contribution >= 0.6 is 34.4 Å². The highest BCUT2D eigenvalue weighted by molar-refractivity contribution is 8.01. The Morgan fingerprint density at radius 3 is 3.06 bits per heavy atom. The van der Waals surface area contributed by atoms with Crippen molar-refractivity contribution in [1.82, 2.24) is 15.5 Å². The minimum atomic E-state index is 1.02. The average molecular weight is 271 g/mol. The molecule has 0 saturated heterocycles. The fourth-order valence-electron chi connectivity index (χ4n) is 1.23. The van der Waals surface area contributed by atoms with E-state index in [2.05, 4.69) is 33.0 Å². The van der Waals surface area contributed by atoms with E-state index in [1.165, 1.54) is 4.88 Å². The van der Waals surface area contributed by atoms with Gasteiger partial charge in [0.05, 0.1) is 0 Å². The maximum Gasteiger partial charge on any atom is 0.174 e. The second-order valence-electron chi connectivity index (χ2n) is 3.13. The Morgan fingerprint density at radius 2 is 2.31 bits per heavy atom. The molecule has 0 saturated carbocycles. The number of aromatic nitrogens is 2. The SMILES string of the molecule is c1csc(CCNCCSc2nncs2)c1. The molecule has 0 amide bonds. The molecule has 16 heavy (non-hydrogen) atoms. The van der Waals surface area contributed by atoms with Crippen molar-refractivity contribution in [2.75, 3.05) is 18.8 Å². The molecular weight excluding hydrogens is 258 g/mol. The van der Waals surface area contributed by atoms with Crippen molar-refractivity contribution in [3.8, 4) is 0 Å². The molecule has 6 heteroatoms. The Hall–Kier alpha value is -0.430. The van der Waals surface area contributed by atoms with Gasteiger partial charge < -0.3 is 5.32 Å². The molecule has 0 aromatic carbocycles. The van der Waals surface area contributed by atoms with E-state index >= 15 is 0 Å². The third-order valence-corrected chi connectivity index (χ3v) is 4.77. The fraction of sp³-hybridized carbons (Fsp3) is 0.400. The number of hydrogen-bond donors (Lipinski definition) is 1. The number of hydrogen-bond acceptors (Lipinski definition) is 6. The van der Waals surface area contributed by atoms with Gasteiger partial charge in [-0.05, 0) is 24.4 Å². The lowest BCUT2D eigenvalue weighted by Crippen LogP contribution is -2.19. The van der Waals surface area contributed by atoms with Gasteiger partial charge in [0.1, 0.15) is 5.51 Å². The Labute approximate surface area is 107 Å². The summed E-state index contributed by atoms with van der Waals surface area (Å²) in [7, 11) is 0. The van der Waals surface area contributed by atoms with Crippen molar-refractivity contribution in [1.29, 1.82) is 0 Å². The van der Waals surface area contributed by atoms with Gasteiger partial charge in [-0.15, -0.1) is 21.5 Å². The molecule has 0 aliphatic carbocycles. The Bertz CT molecular complexity index is 334. The monoisotopic (exact) mass is 271 g/mol. The number of thioether (sulfide) groups is 1. The van der Waals surface area contributed by atoms with E-state index in [4.69, 9.17) is 0 Å². The van der Waals surface area contributed by atoms with Crippen LogP contribution in [0.5, 0.6) is 0 Å². The zero-order valence-electron chi connectivity index (χ0n) is 8.76. The van der Waals surface area contributed by atoms with Crippen LogP contribution in [0, 0.1) is 0 Å². The van der Waals surface area contributed by atoms with Crippen molar-refractivity contribution in [2.45, 2.75) is 10.8 Å². The van der Waals surface area contributed by atoms with Crippen LogP contribution in [0.2, 0.25) is 0 Å². The summed E-state index contributed by atoms with van der Waals surface area (Å²) >= 11 is 5.18. The second-order valence-corrected chi connectivity index (χ2v) is 6.34. The van der Waals surface area contributed by atoms with Gasteiger partial charge in [-0.1, -0.05) is 29.2 Å². The summed E-state index contributed by atoms with van der Waals surface area (Å²) in [6.07, 6.45) is 1.13. The van der Waals surface area contributed by atoms with Gasteiger partial charge in [-0.25, -0.2) is 0 Å². The lowest BCUT2D eigenvalue weighted by atomic mass is 10.3. The predicted octanol–water partition coefficient (Wildman–Crippen LogP) is 2.52. The van der Waals surface area contributed by atoms with Crippen LogP contribution in [-0.2, 0) is 6.42 Å². The zero-order valence-corrected chi connectivity index (χ0v) is 11.2. The normalized spacial score (nSPS) is 10.8. The molecule has 0 bridgehead atoms. The minimum absolute atomic E-state index is 1.02. The highest BCUT2D eigenvalue weighted by atomic mass is 32.2. The molecule has 3 nitrogen and oxygen atoms in total. The summed E-state index contributed by atoms with van der Waals surface area (Å²) in [6.45, 7) is 2.08. The van der Waals surface area contributed by atoms with Crippen LogP contribution in [-0.4, -0.2) is 29.0 Å². The van der Waals surface area contributed by atoms with Crippen molar-refractivity contribution >= 4 is 34.4 Å². The highest BCUT2D eigenvalue weighted by Gasteiger charge is 1.97. The van der Waals surface area contributed by atoms with Crippen LogP contribution in [0.3, 0.4) is 0 Å². The average Bonchev–Trinajstić information content (AvgIpc) is 2.96. The third-order valence-electron chi connectivity index (χ3n) is 1.97. The lowest BCUT2D eigenvalue weighted by molar-refractivity contribution is 0.725. The van der Waals surface area contributed by atoms with E-state index in [1.807, 2.05) is 11.3 Å². The van der Waals surface area contributed by atoms with Gasteiger partial charge in [0.2, 0.25) is 0 Å². The highest BCUT2D eigenvalue weighted by Crippen LogP contribution is 2.17. The first-order valence-corrected chi connectivity index (χ1v) is 7.82. The molecule has 2 aromatic heterocycles. The molecule has 0 aliphatic heterocycles. The van der Waals surface area contributed by atoms with E-state index in [9.17, 15) is 0 Å². The number of thiophene rings is 1. The van der Waals surface area contributed by atoms with Crippen molar-refractivity contribution < 1.29 is 0 Å². The summed E-state index contributed by atoms with van der Waals surface area (Å²) in [5.74, 6) is 1.06. The van der Waals surface area contributed by atoms with Gasteiger partial charge >= 0.3 is 0 Å². The van der Waals surface area contributed by atoms with Crippen molar-refractivity contribution in [3.05, 3.63) is 27.9 Å². The predicted molar refractivity (Wildman–Crippen MR) is 71.5 cm³/mol. The van der Waals surface area contributed by atoms with Crippen LogP contribution < -0.4 is 5.32 Å². The molecule has 0 atom stereocenters. The third kappa shape index (κ3) is 4.21. The van der Waals surface area contributed by atoms with Crippen LogP contribution in [0.15, 0.2) is 27.4 Å². The molecule has 0 fully saturated rings. The van der Waals surface area contributed by atoms with Gasteiger partial charge in [0.25, 0.3) is 0 Å². The van der Waals surface area contributed by atoms with Gasteiger partial charge in [-0.2, -0.15) is 0 Å². The maximum atomic E-state index is 3.98. The standard InChI is InChI=1S/C10H13N3S3/c1-2-9(14-6-1)3-4-11-5-7-15-10-13-12-8-16-10/h1-2,6,8,11H,3-5,7H2. The van der Waals surface area contributed by atoms with Gasteiger partial charge in [-0.3, -0.25) is 0 Å². The van der Waals surface area contributed by atoms with Gasteiger partial charge in [0, 0.05) is 17.2 Å². The molecule has 2 rings (SSSR count). The fourth-order valence-corrected chi connectivity index (χ4v) is 3.39. The quantitative estimate of drug-likeness (QED) is 0.620. The number of nitrogens with zero attached hydrogens (tertiary/aromatic N) is 2. The number of rotatable bonds is 7. The molecule has 1 N–H and O–H groups in total. The molecule has 2 aromatic rings. The maximum absolute atomic E-state index is 3.98. The first-order valence-electron chi connectivity index (χ1n) is 5.07. The summed E-state index contributed by atoms with van der Waals surface area (Å²) in [5.41, 5.74) is 1.77. The molecule has 0 spiro atoms. The summed E-state index contributed by atoms with van der Waals surface area (Å²) < 4.78 is 1.06. The molecule has 0 radical (unpaired) electrons. The number of nitrogens with one attached hydrogen (secondary N) is 1. The molecule has 0 aliphatic rings. The molecular formula is C10H13N3S3. The summed E-state index contributed by atoms with van der Waals surface area (Å²) in [5, 5.41) is 13.3. The Kier molecular flexibility index (Phi) is 5.27. The summed E-state index contributed by atoms with van der Waals surface area (Å²) in [4.78, 5) is 1.45. The van der Waals surface area contributed by atoms with Crippen LogP contribution in [0.1, 0.15) is 4.88 Å². The van der Waals surface area contributed by atoms with E-state index in [0.717, 1.165) is 29.6 Å². The van der Waals surface area contributed by atoms with Gasteiger partial charge in [0.15, 0.2) is 4.34 Å². The van der Waals surface area contributed by atoms with Crippen LogP contribution in [0.25, 0.3) is 0 Å².